The fourth-order valence-corrected chi connectivity index (χ4v) is 3.02. The van der Waals surface area contributed by atoms with Gasteiger partial charge in [-0.3, -0.25) is 0 Å². The number of aromatic nitrogens is 2. The monoisotopic (exact) mass is 292 g/mol. The van der Waals surface area contributed by atoms with E-state index in [1.807, 2.05) is 6.26 Å². The molecule has 0 amide bonds. The Morgan fingerprint density at radius 1 is 1.20 bits per heavy atom. The number of hydrogen-bond donors (Lipinski definition) is 2. The van der Waals surface area contributed by atoms with Gasteiger partial charge in [-0.25, -0.2) is 9.97 Å². The van der Waals surface area contributed by atoms with Gasteiger partial charge in [-0.1, -0.05) is 18.7 Å². The topological polar surface area (TPSA) is 49.8 Å². The average molecular weight is 292 g/mol. The highest BCUT2D eigenvalue weighted by Gasteiger charge is 2.41. The van der Waals surface area contributed by atoms with Gasteiger partial charge in [0.25, 0.3) is 0 Å². The van der Waals surface area contributed by atoms with Crippen LogP contribution in [-0.4, -0.2) is 28.8 Å². The van der Waals surface area contributed by atoms with Gasteiger partial charge < -0.3 is 10.6 Å². The van der Waals surface area contributed by atoms with E-state index in [1.54, 1.807) is 11.8 Å². The van der Waals surface area contributed by atoms with Crippen LogP contribution in [0, 0.1) is 11.8 Å². The number of nitrogens with one attached hydrogen (secondary N) is 2. The number of anilines is 2. The van der Waals surface area contributed by atoms with E-state index in [-0.39, 0.29) is 0 Å². The maximum atomic E-state index is 4.62. The summed E-state index contributed by atoms with van der Waals surface area (Å²) < 4.78 is 0. The number of thioether (sulfide) groups is 1. The SMILES string of the molecule is CCCNc1cc(NC(C2CC2)C2CC2)nc(SC)n1. The molecule has 5 heteroatoms. The Labute approximate surface area is 125 Å². The number of hydrogen-bond acceptors (Lipinski definition) is 5. The lowest BCUT2D eigenvalue weighted by atomic mass is 10.1. The van der Waals surface area contributed by atoms with Gasteiger partial charge in [0.05, 0.1) is 0 Å². The van der Waals surface area contributed by atoms with E-state index in [9.17, 15) is 0 Å². The largest absolute Gasteiger partial charge is 0.370 e. The normalized spacial score (nSPS) is 18.4. The zero-order chi connectivity index (χ0) is 13.9. The van der Waals surface area contributed by atoms with Crippen LogP contribution in [0.25, 0.3) is 0 Å². The predicted molar refractivity (Wildman–Crippen MR) is 85.5 cm³/mol. The van der Waals surface area contributed by atoms with Gasteiger partial charge in [-0.2, -0.15) is 0 Å². The van der Waals surface area contributed by atoms with Gasteiger partial charge >= 0.3 is 0 Å². The predicted octanol–water partition coefficient (Wildman–Crippen LogP) is 3.62. The van der Waals surface area contributed by atoms with Gasteiger partial charge in [0, 0.05) is 18.7 Å². The fraction of sp³-hybridized carbons (Fsp3) is 0.733. The minimum atomic E-state index is 0.638. The summed E-state index contributed by atoms with van der Waals surface area (Å²) in [6, 6.07) is 2.70. The van der Waals surface area contributed by atoms with Crippen molar-refractivity contribution in [2.24, 2.45) is 11.8 Å². The second-order valence-corrected chi connectivity index (χ2v) is 6.67. The summed E-state index contributed by atoms with van der Waals surface area (Å²) >= 11 is 1.60. The first-order valence-electron chi connectivity index (χ1n) is 7.73. The molecule has 1 heterocycles. The molecule has 2 N–H and O–H groups in total. The van der Waals surface area contributed by atoms with Crippen LogP contribution in [0.5, 0.6) is 0 Å². The molecule has 2 fully saturated rings. The summed E-state index contributed by atoms with van der Waals surface area (Å²) in [5, 5.41) is 7.90. The minimum Gasteiger partial charge on any atom is -0.370 e. The van der Waals surface area contributed by atoms with Crippen molar-refractivity contribution in [3.8, 4) is 0 Å². The Morgan fingerprint density at radius 2 is 1.85 bits per heavy atom. The summed E-state index contributed by atoms with van der Waals surface area (Å²) in [5.74, 6) is 3.69. The van der Waals surface area contributed by atoms with Crippen molar-refractivity contribution in [2.45, 2.75) is 50.2 Å². The third-order valence-corrected chi connectivity index (χ3v) is 4.57. The molecule has 0 spiro atoms. The molecule has 20 heavy (non-hydrogen) atoms. The molecular weight excluding hydrogens is 268 g/mol. The summed E-state index contributed by atoms with van der Waals surface area (Å²) in [4.78, 5) is 9.14. The van der Waals surface area contributed by atoms with Crippen LogP contribution in [0.4, 0.5) is 11.6 Å². The molecule has 0 aromatic carbocycles. The van der Waals surface area contributed by atoms with Gasteiger partial charge in [0.15, 0.2) is 5.16 Å². The van der Waals surface area contributed by atoms with E-state index in [0.717, 1.165) is 41.6 Å². The van der Waals surface area contributed by atoms with E-state index in [1.165, 1.54) is 25.7 Å². The first-order chi connectivity index (χ1) is 9.80. The van der Waals surface area contributed by atoms with Gasteiger partial charge in [-0.05, 0) is 50.2 Å². The molecule has 0 atom stereocenters. The fourth-order valence-electron chi connectivity index (χ4n) is 2.64. The maximum absolute atomic E-state index is 4.62. The lowest BCUT2D eigenvalue weighted by Gasteiger charge is -2.19. The van der Waals surface area contributed by atoms with Crippen molar-refractivity contribution in [2.75, 3.05) is 23.4 Å². The summed E-state index contributed by atoms with van der Waals surface area (Å²) in [6.45, 7) is 3.12. The van der Waals surface area contributed by atoms with E-state index < -0.39 is 0 Å². The summed E-state index contributed by atoms with van der Waals surface area (Å²) in [5.41, 5.74) is 0. The quantitative estimate of drug-likeness (QED) is 0.566. The molecule has 110 valence electrons. The van der Waals surface area contributed by atoms with Crippen molar-refractivity contribution >= 4 is 23.4 Å². The van der Waals surface area contributed by atoms with Crippen LogP contribution in [0.15, 0.2) is 11.2 Å². The minimum absolute atomic E-state index is 0.638. The highest BCUT2D eigenvalue weighted by Crippen LogP contribution is 2.45. The van der Waals surface area contributed by atoms with Gasteiger partial charge in [0.1, 0.15) is 11.6 Å². The Morgan fingerprint density at radius 3 is 2.40 bits per heavy atom. The van der Waals surface area contributed by atoms with E-state index >= 15 is 0 Å². The summed E-state index contributed by atoms with van der Waals surface area (Å²) in [7, 11) is 0. The molecule has 0 saturated heterocycles. The first kappa shape index (κ1) is 14.0. The Balaban J connectivity index is 1.72. The zero-order valence-electron chi connectivity index (χ0n) is 12.4. The Bertz CT molecular complexity index is 445. The van der Waals surface area contributed by atoms with Crippen molar-refractivity contribution in [1.82, 2.24) is 9.97 Å². The lowest BCUT2D eigenvalue weighted by Crippen LogP contribution is -2.25. The van der Waals surface area contributed by atoms with Crippen LogP contribution in [0.1, 0.15) is 39.0 Å². The van der Waals surface area contributed by atoms with Crippen LogP contribution in [0.3, 0.4) is 0 Å². The molecular formula is C15H24N4S. The van der Waals surface area contributed by atoms with Crippen molar-refractivity contribution < 1.29 is 0 Å². The van der Waals surface area contributed by atoms with Gasteiger partial charge in [0.2, 0.25) is 0 Å². The molecule has 2 aliphatic carbocycles. The molecule has 3 rings (SSSR count). The standard InChI is InChI=1S/C15H24N4S/c1-3-8-16-12-9-13(19-15(18-12)20-2)17-14(10-4-5-10)11-6-7-11/h9-11,14H,3-8H2,1-2H3,(H2,16,17,18,19). The highest BCUT2D eigenvalue weighted by molar-refractivity contribution is 7.98. The van der Waals surface area contributed by atoms with Crippen molar-refractivity contribution in [3.63, 3.8) is 0 Å². The summed E-state index contributed by atoms with van der Waals surface area (Å²) in [6.07, 6.45) is 8.67. The van der Waals surface area contributed by atoms with Crippen LogP contribution in [-0.2, 0) is 0 Å². The number of rotatable bonds is 8. The van der Waals surface area contributed by atoms with Crippen LogP contribution < -0.4 is 10.6 Å². The Hall–Kier alpha value is -0.970. The van der Waals surface area contributed by atoms with E-state index in [0.29, 0.717) is 6.04 Å². The van der Waals surface area contributed by atoms with E-state index in [2.05, 4.69) is 33.6 Å². The number of nitrogens with zero attached hydrogens (tertiary/aromatic N) is 2. The average Bonchev–Trinajstić information content (AvgIpc) is 3.35. The highest BCUT2D eigenvalue weighted by atomic mass is 32.2. The molecule has 2 saturated carbocycles. The molecule has 0 bridgehead atoms. The second kappa shape index (κ2) is 6.20. The van der Waals surface area contributed by atoms with Crippen molar-refractivity contribution in [3.05, 3.63) is 6.07 Å². The molecule has 0 radical (unpaired) electrons. The third-order valence-electron chi connectivity index (χ3n) is 4.02. The third kappa shape index (κ3) is 3.57. The molecule has 0 aliphatic heterocycles. The molecule has 1 aromatic heterocycles. The van der Waals surface area contributed by atoms with Crippen LogP contribution in [0.2, 0.25) is 0 Å². The zero-order valence-corrected chi connectivity index (χ0v) is 13.2. The lowest BCUT2D eigenvalue weighted by molar-refractivity contribution is 0.564. The van der Waals surface area contributed by atoms with Gasteiger partial charge in [-0.15, -0.1) is 0 Å². The van der Waals surface area contributed by atoms with E-state index in [4.69, 9.17) is 0 Å². The Kier molecular flexibility index (Phi) is 4.34. The smallest absolute Gasteiger partial charge is 0.191 e. The van der Waals surface area contributed by atoms with Crippen molar-refractivity contribution in [1.29, 1.82) is 0 Å². The maximum Gasteiger partial charge on any atom is 0.191 e. The van der Waals surface area contributed by atoms with Crippen LogP contribution >= 0.6 is 11.8 Å². The molecule has 4 nitrogen and oxygen atoms in total. The molecule has 2 aliphatic rings. The second-order valence-electron chi connectivity index (χ2n) is 5.90. The first-order valence-corrected chi connectivity index (χ1v) is 8.96. The molecule has 1 aromatic rings. The molecule has 0 unspecified atom stereocenters.